The highest BCUT2D eigenvalue weighted by Crippen LogP contribution is 2.30. The van der Waals surface area contributed by atoms with Crippen molar-refractivity contribution in [1.82, 2.24) is 15.5 Å². The minimum absolute atomic E-state index is 0.184. The topological polar surface area (TPSA) is 87.6 Å². The lowest BCUT2D eigenvalue weighted by Crippen LogP contribution is -2.47. The van der Waals surface area contributed by atoms with Gasteiger partial charge < -0.3 is 20.1 Å². The summed E-state index contributed by atoms with van der Waals surface area (Å²) in [6.45, 7) is 2.10. The van der Waals surface area contributed by atoms with E-state index in [1.165, 1.54) is 0 Å². The minimum Gasteiger partial charge on any atom is -0.508 e. The number of anilines is 1. The van der Waals surface area contributed by atoms with Crippen LogP contribution in [-0.2, 0) is 4.74 Å². The molecule has 7 heteroatoms. The van der Waals surface area contributed by atoms with Crippen molar-refractivity contribution in [2.24, 2.45) is 0 Å². The van der Waals surface area contributed by atoms with Crippen molar-refractivity contribution in [1.29, 1.82) is 0 Å². The molecule has 2 fully saturated rings. The summed E-state index contributed by atoms with van der Waals surface area (Å²) in [4.78, 5) is 13.4. The molecule has 0 unspecified atom stereocenters. The summed E-state index contributed by atoms with van der Waals surface area (Å²) in [6.07, 6.45) is 1.21. The van der Waals surface area contributed by atoms with Crippen LogP contribution in [0.25, 0.3) is 0 Å². The molecule has 4 rings (SSSR count). The number of phenolic OH excluding ortho intramolecular Hbond substituents is 1. The first kappa shape index (κ1) is 16.2. The summed E-state index contributed by atoms with van der Waals surface area (Å²) in [7, 11) is 0. The van der Waals surface area contributed by atoms with Gasteiger partial charge in [0.1, 0.15) is 17.0 Å². The van der Waals surface area contributed by atoms with E-state index in [-0.39, 0.29) is 17.4 Å². The van der Waals surface area contributed by atoms with Crippen LogP contribution in [0.2, 0.25) is 0 Å². The third-order valence-corrected chi connectivity index (χ3v) is 4.69. The number of hydrogen-bond donors (Lipinski definition) is 2. The van der Waals surface area contributed by atoms with E-state index in [9.17, 15) is 9.90 Å². The predicted molar refractivity (Wildman–Crippen MR) is 94.8 cm³/mol. The fourth-order valence-corrected chi connectivity index (χ4v) is 3.20. The molecule has 0 bridgehead atoms. The monoisotopic (exact) mass is 350 g/mol. The van der Waals surface area contributed by atoms with Crippen LogP contribution in [0.5, 0.6) is 5.75 Å². The van der Waals surface area contributed by atoms with E-state index in [4.69, 9.17) is 4.74 Å². The van der Waals surface area contributed by atoms with Crippen molar-refractivity contribution < 1.29 is 14.6 Å². The molecule has 7 nitrogen and oxygen atoms in total. The molecule has 2 N–H and O–H groups in total. The normalized spacial score (nSPS) is 18.0. The Hall–Kier alpha value is -3.27. The molecule has 0 radical (unpaired) electrons. The Kier molecular flexibility index (Phi) is 4.09. The first-order chi connectivity index (χ1) is 12.6. The number of hydrogen-bond acceptors (Lipinski definition) is 6. The number of carbonyl (C=O) groups excluding carboxylic acids is 1. The number of nitrogens with one attached hydrogen (secondary N) is 1. The highest BCUT2D eigenvalue weighted by atomic mass is 16.6. The lowest BCUT2D eigenvalue weighted by Gasteiger charge is -2.37. The molecule has 2 aliphatic heterocycles. The Morgan fingerprint density at radius 2 is 2.00 bits per heavy atom. The summed E-state index contributed by atoms with van der Waals surface area (Å²) in [5.74, 6) is 6.88. The van der Waals surface area contributed by atoms with Crippen molar-refractivity contribution >= 4 is 11.9 Å². The summed E-state index contributed by atoms with van der Waals surface area (Å²) >= 11 is 0. The van der Waals surface area contributed by atoms with Crippen LogP contribution in [0.1, 0.15) is 24.1 Å². The summed E-state index contributed by atoms with van der Waals surface area (Å²) in [6, 6.07) is 10.5. The van der Waals surface area contributed by atoms with Gasteiger partial charge in [0.25, 0.3) is 0 Å². The van der Waals surface area contributed by atoms with Gasteiger partial charge in [0.2, 0.25) is 0 Å². The molecular formula is C19H18N4O3. The van der Waals surface area contributed by atoms with Crippen molar-refractivity contribution in [2.75, 3.05) is 24.5 Å². The van der Waals surface area contributed by atoms with Gasteiger partial charge in [-0.15, -0.1) is 10.2 Å². The second-order valence-electron chi connectivity index (χ2n) is 6.49. The van der Waals surface area contributed by atoms with Gasteiger partial charge >= 0.3 is 6.09 Å². The molecule has 2 aromatic rings. The fraction of sp³-hybridized carbons (Fsp3) is 0.316. The zero-order chi connectivity index (χ0) is 18.0. The standard InChI is InChI=1S/C19H18N4O3/c24-16-3-1-2-14(12-16)4-5-15-6-7-17(22-21-15)23-10-8-19(9-11-23)13-20-18(25)26-19/h1-3,6-7,12,24H,8-11,13H2,(H,20,25). The van der Waals surface area contributed by atoms with E-state index in [1.54, 1.807) is 18.2 Å². The number of phenols is 1. The lowest BCUT2D eigenvalue weighted by atomic mass is 9.92. The van der Waals surface area contributed by atoms with Gasteiger partial charge in [0, 0.05) is 31.5 Å². The van der Waals surface area contributed by atoms with Crippen LogP contribution >= 0.6 is 0 Å². The average Bonchev–Trinajstić information content (AvgIpc) is 3.01. The van der Waals surface area contributed by atoms with Crippen molar-refractivity contribution in [3.63, 3.8) is 0 Å². The van der Waals surface area contributed by atoms with Crippen LogP contribution in [0.3, 0.4) is 0 Å². The predicted octanol–water partition coefficient (Wildman–Crippen LogP) is 1.66. The first-order valence-electron chi connectivity index (χ1n) is 8.49. The zero-order valence-corrected chi connectivity index (χ0v) is 14.1. The van der Waals surface area contributed by atoms with Crippen LogP contribution < -0.4 is 10.2 Å². The van der Waals surface area contributed by atoms with Crippen LogP contribution in [0.15, 0.2) is 36.4 Å². The van der Waals surface area contributed by atoms with Crippen molar-refractivity contribution in [2.45, 2.75) is 18.4 Å². The Balaban J connectivity index is 1.40. The van der Waals surface area contributed by atoms with E-state index in [0.29, 0.717) is 12.2 Å². The van der Waals surface area contributed by atoms with Crippen molar-refractivity contribution in [3.8, 4) is 17.6 Å². The summed E-state index contributed by atoms with van der Waals surface area (Å²) < 4.78 is 5.43. The van der Waals surface area contributed by atoms with Gasteiger partial charge in [-0.25, -0.2) is 4.79 Å². The van der Waals surface area contributed by atoms with E-state index in [1.807, 2.05) is 18.2 Å². The molecule has 1 spiro atoms. The number of piperidine rings is 1. The summed E-state index contributed by atoms with van der Waals surface area (Å²) in [5.41, 5.74) is 0.921. The van der Waals surface area contributed by atoms with Crippen LogP contribution in [0, 0.1) is 11.8 Å². The van der Waals surface area contributed by atoms with Crippen LogP contribution in [0.4, 0.5) is 10.6 Å². The maximum absolute atomic E-state index is 11.3. The molecule has 1 amide bonds. The Labute approximate surface area is 151 Å². The molecule has 1 aromatic carbocycles. The lowest BCUT2D eigenvalue weighted by molar-refractivity contribution is 0.0365. The minimum atomic E-state index is -0.367. The van der Waals surface area contributed by atoms with Gasteiger partial charge in [0.05, 0.1) is 6.54 Å². The summed E-state index contributed by atoms with van der Waals surface area (Å²) in [5, 5.41) is 20.6. The maximum Gasteiger partial charge on any atom is 0.407 e. The molecule has 26 heavy (non-hydrogen) atoms. The number of aromatic hydroxyl groups is 1. The Morgan fingerprint density at radius 1 is 1.15 bits per heavy atom. The maximum atomic E-state index is 11.3. The third-order valence-electron chi connectivity index (χ3n) is 4.69. The van der Waals surface area contributed by atoms with Crippen molar-refractivity contribution in [3.05, 3.63) is 47.7 Å². The Morgan fingerprint density at radius 3 is 2.65 bits per heavy atom. The number of carbonyl (C=O) groups is 1. The number of nitrogens with zero attached hydrogens (tertiary/aromatic N) is 3. The second kappa shape index (κ2) is 6.56. The number of rotatable bonds is 1. The number of aromatic nitrogens is 2. The molecule has 132 valence electrons. The third kappa shape index (κ3) is 3.40. The van der Waals surface area contributed by atoms with E-state index in [2.05, 4.69) is 32.3 Å². The zero-order valence-electron chi connectivity index (χ0n) is 14.1. The van der Waals surface area contributed by atoms with Gasteiger partial charge in [-0.1, -0.05) is 12.0 Å². The van der Waals surface area contributed by atoms with Gasteiger partial charge in [-0.2, -0.15) is 0 Å². The molecular weight excluding hydrogens is 332 g/mol. The average molecular weight is 350 g/mol. The fourth-order valence-electron chi connectivity index (χ4n) is 3.20. The quantitative estimate of drug-likeness (QED) is 0.761. The van der Waals surface area contributed by atoms with Gasteiger partial charge in [-0.05, 0) is 36.3 Å². The highest BCUT2D eigenvalue weighted by Gasteiger charge is 2.43. The molecule has 0 atom stereocenters. The molecule has 0 saturated carbocycles. The smallest absolute Gasteiger partial charge is 0.407 e. The molecule has 0 aliphatic carbocycles. The Bertz CT molecular complexity index is 878. The number of alkyl carbamates (subject to hydrolysis) is 1. The van der Waals surface area contributed by atoms with Gasteiger partial charge in [0.15, 0.2) is 5.82 Å². The number of ether oxygens (including phenoxy) is 1. The van der Waals surface area contributed by atoms with E-state index in [0.717, 1.165) is 37.3 Å². The largest absolute Gasteiger partial charge is 0.508 e. The molecule has 2 saturated heterocycles. The number of amides is 1. The van der Waals surface area contributed by atoms with E-state index < -0.39 is 0 Å². The molecule has 3 heterocycles. The SMILES string of the molecule is O=C1NCC2(CCN(c3ccc(C#Cc4cccc(O)c4)nn3)CC2)O1. The number of benzene rings is 1. The molecule has 1 aromatic heterocycles. The van der Waals surface area contributed by atoms with Gasteiger partial charge in [-0.3, -0.25) is 0 Å². The van der Waals surface area contributed by atoms with E-state index >= 15 is 0 Å². The first-order valence-corrected chi connectivity index (χ1v) is 8.49. The molecule has 2 aliphatic rings. The second-order valence-corrected chi connectivity index (χ2v) is 6.49. The highest BCUT2D eigenvalue weighted by molar-refractivity contribution is 5.70. The van der Waals surface area contributed by atoms with Crippen LogP contribution in [-0.4, -0.2) is 46.6 Å².